The first-order valence-electron chi connectivity index (χ1n) is 5.71. The van der Waals surface area contributed by atoms with Gasteiger partial charge in [-0.1, -0.05) is 0 Å². The average Bonchev–Trinajstić information content (AvgIpc) is 3.05. The van der Waals surface area contributed by atoms with Gasteiger partial charge in [0, 0.05) is 24.7 Å². The second kappa shape index (κ2) is 5.28. The lowest BCUT2D eigenvalue weighted by Gasteiger charge is -2.25. The average molecular weight is 340 g/mol. The molecule has 98 valence electrons. The first kappa shape index (κ1) is 12.6. The summed E-state index contributed by atoms with van der Waals surface area (Å²) in [6.07, 6.45) is 1.75. The molecule has 3 rings (SSSR count). The predicted molar refractivity (Wildman–Crippen MR) is 74.7 cm³/mol. The Morgan fingerprint density at radius 3 is 2.89 bits per heavy atom. The van der Waals surface area contributed by atoms with Crippen molar-refractivity contribution >= 4 is 32.4 Å². The number of nitriles is 1. The summed E-state index contributed by atoms with van der Waals surface area (Å²) in [5, 5.41) is 11.9. The van der Waals surface area contributed by atoms with Crippen LogP contribution >= 0.6 is 27.3 Å². The van der Waals surface area contributed by atoms with Gasteiger partial charge in [-0.05, 0) is 15.9 Å². The third-order valence-corrected chi connectivity index (χ3v) is 4.06. The number of halogens is 1. The molecule has 0 N–H and O–H groups in total. The number of anilines is 1. The number of nitrogens with zero attached hydrogens (tertiary/aromatic N) is 5. The monoisotopic (exact) mass is 339 g/mol. The highest BCUT2D eigenvalue weighted by Crippen LogP contribution is 2.25. The molecule has 1 saturated heterocycles. The second-order valence-electron chi connectivity index (χ2n) is 3.96. The molecule has 0 atom stereocenters. The van der Waals surface area contributed by atoms with Crippen molar-refractivity contribution < 1.29 is 4.74 Å². The van der Waals surface area contributed by atoms with Gasteiger partial charge in [-0.15, -0.1) is 11.3 Å². The van der Waals surface area contributed by atoms with Crippen molar-refractivity contribution in [1.29, 1.82) is 5.26 Å². The number of rotatable bonds is 2. The van der Waals surface area contributed by atoms with Crippen LogP contribution in [-0.2, 0) is 4.74 Å². The maximum atomic E-state index is 9.04. The topological polar surface area (TPSA) is 67.0 Å². The Hall–Kier alpha value is -1.43. The Kier molecular flexibility index (Phi) is 3.50. The number of imidazole rings is 1. The van der Waals surface area contributed by atoms with E-state index in [1.807, 2.05) is 5.38 Å². The molecule has 1 aliphatic rings. The fourth-order valence-electron chi connectivity index (χ4n) is 1.87. The van der Waals surface area contributed by atoms with Crippen LogP contribution in [0.1, 0.15) is 5.82 Å². The minimum Gasteiger partial charge on any atom is -0.378 e. The van der Waals surface area contributed by atoms with Gasteiger partial charge >= 0.3 is 0 Å². The molecule has 0 saturated carbocycles. The van der Waals surface area contributed by atoms with Crippen molar-refractivity contribution in [3.05, 3.63) is 22.0 Å². The van der Waals surface area contributed by atoms with Crippen molar-refractivity contribution in [3.8, 4) is 11.9 Å². The Labute approximate surface area is 122 Å². The highest BCUT2D eigenvalue weighted by Gasteiger charge is 2.16. The molecule has 6 nitrogen and oxygen atoms in total. The minimum atomic E-state index is 0.325. The fraction of sp³-hybridized carbons (Fsp3) is 0.364. The standard InChI is InChI=1S/C11H10BrN5OS/c12-8-6-17(9(5-13)14-8)10-7-19-11(15-10)16-1-3-18-4-2-16/h6-7H,1-4H2. The van der Waals surface area contributed by atoms with Crippen LogP contribution in [0, 0.1) is 11.3 Å². The zero-order chi connectivity index (χ0) is 13.2. The van der Waals surface area contributed by atoms with Gasteiger partial charge in [0.15, 0.2) is 10.9 Å². The highest BCUT2D eigenvalue weighted by atomic mass is 79.9. The molecule has 2 aromatic heterocycles. The second-order valence-corrected chi connectivity index (χ2v) is 5.61. The van der Waals surface area contributed by atoms with Crippen LogP contribution in [0.2, 0.25) is 0 Å². The van der Waals surface area contributed by atoms with E-state index >= 15 is 0 Å². The normalized spacial score (nSPS) is 15.5. The largest absolute Gasteiger partial charge is 0.378 e. The van der Waals surface area contributed by atoms with Crippen LogP contribution in [0.3, 0.4) is 0 Å². The van der Waals surface area contributed by atoms with Crippen LogP contribution in [0.4, 0.5) is 5.13 Å². The fourth-order valence-corrected chi connectivity index (χ4v) is 3.10. The van der Waals surface area contributed by atoms with Gasteiger partial charge in [-0.2, -0.15) is 5.26 Å². The summed E-state index contributed by atoms with van der Waals surface area (Å²) in [7, 11) is 0. The van der Waals surface area contributed by atoms with Gasteiger partial charge in [0.05, 0.1) is 13.2 Å². The summed E-state index contributed by atoms with van der Waals surface area (Å²) in [5.74, 6) is 1.05. The zero-order valence-electron chi connectivity index (χ0n) is 9.91. The predicted octanol–water partition coefficient (Wildman–Crippen LogP) is 1.80. The lowest BCUT2D eigenvalue weighted by atomic mass is 10.5. The number of thiazole rings is 1. The van der Waals surface area contributed by atoms with Crippen LogP contribution in [-0.4, -0.2) is 40.8 Å². The lowest BCUT2D eigenvalue weighted by Crippen LogP contribution is -2.36. The third kappa shape index (κ3) is 2.49. The maximum Gasteiger partial charge on any atom is 0.219 e. The summed E-state index contributed by atoms with van der Waals surface area (Å²) in [6, 6.07) is 2.06. The Balaban J connectivity index is 1.90. The van der Waals surface area contributed by atoms with Gasteiger partial charge in [0.1, 0.15) is 10.7 Å². The molecule has 19 heavy (non-hydrogen) atoms. The minimum absolute atomic E-state index is 0.325. The van der Waals surface area contributed by atoms with Crippen LogP contribution in [0.15, 0.2) is 16.2 Å². The van der Waals surface area contributed by atoms with E-state index in [0.717, 1.165) is 37.3 Å². The molecule has 0 spiro atoms. The highest BCUT2D eigenvalue weighted by molar-refractivity contribution is 9.10. The van der Waals surface area contributed by atoms with Crippen LogP contribution < -0.4 is 4.90 Å². The summed E-state index contributed by atoms with van der Waals surface area (Å²) in [6.45, 7) is 3.17. The molecule has 1 fully saturated rings. The number of aromatic nitrogens is 3. The Morgan fingerprint density at radius 2 is 2.16 bits per heavy atom. The number of ether oxygens (including phenoxy) is 1. The molecule has 0 unspecified atom stereocenters. The van der Waals surface area contributed by atoms with E-state index in [2.05, 4.69) is 36.9 Å². The SMILES string of the molecule is N#Cc1nc(Br)cn1-c1csc(N2CCOCC2)n1. The Morgan fingerprint density at radius 1 is 1.37 bits per heavy atom. The van der Waals surface area contributed by atoms with Gasteiger partial charge < -0.3 is 9.64 Å². The first-order valence-corrected chi connectivity index (χ1v) is 7.39. The van der Waals surface area contributed by atoms with E-state index in [1.54, 1.807) is 22.1 Å². The quantitative estimate of drug-likeness (QED) is 0.834. The molecular weight excluding hydrogens is 330 g/mol. The van der Waals surface area contributed by atoms with Crippen molar-refractivity contribution in [3.63, 3.8) is 0 Å². The van der Waals surface area contributed by atoms with Crippen LogP contribution in [0.5, 0.6) is 0 Å². The van der Waals surface area contributed by atoms with E-state index < -0.39 is 0 Å². The van der Waals surface area contributed by atoms with Crippen molar-refractivity contribution in [2.24, 2.45) is 0 Å². The van der Waals surface area contributed by atoms with Crippen molar-refractivity contribution in [2.45, 2.75) is 0 Å². The smallest absolute Gasteiger partial charge is 0.219 e. The van der Waals surface area contributed by atoms with E-state index in [0.29, 0.717) is 10.4 Å². The summed E-state index contributed by atoms with van der Waals surface area (Å²) < 4.78 is 7.64. The van der Waals surface area contributed by atoms with Crippen molar-refractivity contribution in [1.82, 2.24) is 14.5 Å². The molecule has 1 aliphatic heterocycles. The van der Waals surface area contributed by atoms with Gasteiger partial charge in [0.2, 0.25) is 5.82 Å². The van der Waals surface area contributed by atoms with E-state index in [9.17, 15) is 0 Å². The summed E-state index contributed by atoms with van der Waals surface area (Å²) in [5.41, 5.74) is 0. The molecule has 8 heteroatoms. The molecular formula is C11H10BrN5OS. The lowest BCUT2D eigenvalue weighted by molar-refractivity contribution is 0.122. The van der Waals surface area contributed by atoms with Gasteiger partial charge in [0.25, 0.3) is 0 Å². The molecule has 0 bridgehead atoms. The molecule has 0 aliphatic carbocycles. The van der Waals surface area contributed by atoms with Gasteiger partial charge in [-0.25, -0.2) is 9.97 Å². The summed E-state index contributed by atoms with van der Waals surface area (Å²) in [4.78, 5) is 10.8. The molecule has 0 aromatic carbocycles. The number of hydrogen-bond donors (Lipinski definition) is 0. The zero-order valence-corrected chi connectivity index (χ0v) is 12.3. The Bertz CT molecular complexity index is 625. The number of hydrogen-bond acceptors (Lipinski definition) is 6. The molecule has 2 aromatic rings. The van der Waals surface area contributed by atoms with Crippen molar-refractivity contribution in [2.75, 3.05) is 31.2 Å². The molecule has 0 amide bonds. The maximum absolute atomic E-state index is 9.04. The van der Waals surface area contributed by atoms with Crippen LogP contribution in [0.25, 0.3) is 5.82 Å². The van der Waals surface area contributed by atoms with Gasteiger partial charge in [-0.3, -0.25) is 4.57 Å². The number of morpholine rings is 1. The first-order chi connectivity index (χ1) is 9.28. The van der Waals surface area contributed by atoms with E-state index in [4.69, 9.17) is 10.00 Å². The van der Waals surface area contributed by atoms with E-state index in [1.165, 1.54) is 0 Å². The third-order valence-electron chi connectivity index (χ3n) is 2.78. The molecule has 0 radical (unpaired) electrons. The summed E-state index contributed by atoms with van der Waals surface area (Å²) >= 11 is 4.84. The van der Waals surface area contributed by atoms with E-state index in [-0.39, 0.29) is 0 Å². The molecule has 3 heterocycles.